The minimum Gasteiger partial charge on any atom is -0.496 e. The molecule has 2 aromatic carbocycles. The normalized spacial score (nSPS) is 11.1. The van der Waals surface area contributed by atoms with Gasteiger partial charge in [0.2, 0.25) is 0 Å². The fourth-order valence-electron chi connectivity index (χ4n) is 1.84. The highest BCUT2D eigenvalue weighted by Gasteiger charge is 2.29. The third-order valence-electron chi connectivity index (χ3n) is 3.04. The Morgan fingerprint density at radius 2 is 1.78 bits per heavy atom. The van der Waals surface area contributed by atoms with Crippen molar-refractivity contribution in [1.29, 1.82) is 0 Å². The predicted octanol–water partition coefficient (Wildman–Crippen LogP) is 4.20. The van der Waals surface area contributed by atoms with Gasteiger partial charge in [-0.25, -0.2) is 0 Å². The fourth-order valence-corrected chi connectivity index (χ4v) is 1.84. The van der Waals surface area contributed by atoms with Crippen LogP contribution >= 0.6 is 0 Å². The molecule has 5 nitrogen and oxygen atoms in total. The molecule has 0 spiro atoms. The van der Waals surface area contributed by atoms with E-state index in [1.165, 1.54) is 37.4 Å². The number of hydrogen-bond acceptors (Lipinski definition) is 4. The first kappa shape index (κ1) is 16.6. The number of rotatable bonds is 5. The van der Waals surface area contributed by atoms with Gasteiger partial charge in [0.05, 0.1) is 23.7 Å². The van der Waals surface area contributed by atoms with Crippen molar-refractivity contribution < 1.29 is 27.6 Å². The molecule has 23 heavy (non-hydrogen) atoms. The van der Waals surface area contributed by atoms with Crippen LogP contribution in [0.25, 0.3) is 0 Å². The molecule has 0 fully saturated rings. The minimum atomic E-state index is -4.41. The lowest BCUT2D eigenvalue weighted by molar-refractivity contribution is -0.386. The molecule has 0 saturated carbocycles. The second-order valence-electron chi connectivity index (χ2n) is 4.57. The van der Waals surface area contributed by atoms with Gasteiger partial charge in [-0.05, 0) is 29.8 Å². The molecule has 0 heterocycles. The molecule has 0 atom stereocenters. The Kier molecular flexibility index (Phi) is 4.73. The third-order valence-corrected chi connectivity index (χ3v) is 3.04. The van der Waals surface area contributed by atoms with Crippen LogP contribution in [0.2, 0.25) is 0 Å². The zero-order chi connectivity index (χ0) is 17.0. The summed E-state index contributed by atoms with van der Waals surface area (Å²) in [7, 11) is 1.38. The molecular weight excluding hydrogens is 315 g/mol. The van der Waals surface area contributed by atoms with Gasteiger partial charge in [0, 0.05) is 0 Å². The van der Waals surface area contributed by atoms with Gasteiger partial charge in [-0.3, -0.25) is 10.1 Å². The Balaban J connectivity index is 2.13. The van der Waals surface area contributed by atoms with Crippen LogP contribution in [0, 0.1) is 10.1 Å². The van der Waals surface area contributed by atoms with Crippen LogP contribution < -0.4 is 9.47 Å². The summed E-state index contributed by atoms with van der Waals surface area (Å²) < 4.78 is 47.6. The van der Waals surface area contributed by atoms with Crippen LogP contribution in [0.4, 0.5) is 18.9 Å². The number of methoxy groups -OCH3 is 1. The molecule has 8 heteroatoms. The third kappa shape index (κ3) is 4.12. The molecule has 0 unspecified atom stereocenters. The highest BCUT2D eigenvalue weighted by Crippen LogP contribution is 2.32. The Labute approximate surface area is 129 Å². The van der Waals surface area contributed by atoms with E-state index in [2.05, 4.69) is 0 Å². The lowest BCUT2D eigenvalue weighted by Gasteiger charge is -2.10. The van der Waals surface area contributed by atoms with Crippen LogP contribution in [-0.4, -0.2) is 12.0 Å². The number of alkyl halides is 3. The van der Waals surface area contributed by atoms with E-state index >= 15 is 0 Å². The second kappa shape index (κ2) is 6.55. The van der Waals surface area contributed by atoms with Crippen molar-refractivity contribution in [2.75, 3.05) is 7.11 Å². The molecule has 0 radical (unpaired) electrons. The summed E-state index contributed by atoms with van der Waals surface area (Å²) in [5.74, 6) is 0.314. The van der Waals surface area contributed by atoms with Crippen molar-refractivity contribution in [1.82, 2.24) is 0 Å². The van der Waals surface area contributed by atoms with E-state index in [0.29, 0.717) is 11.3 Å². The number of hydrogen-bond donors (Lipinski definition) is 0. The molecule has 2 aromatic rings. The Hall–Kier alpha value is -2.77. The second-order valence-corrected chi connectivity index (χ2v) is 4.57. The smallest absolute Gasteiger partial charge is 0.416 e. The first-order valence-electron chi connectivity index (χ1n) is 6.42. The van der Waals surface area contributed by atoms with Crippen LogP contribution in [0.15, 0.2) is 42.5 Å². The van der Waals surface area contributed by atoms with Crippen molar-refractivity contribution in [2.24, 2.45) is 0 Å². The highest BCUT2D eigenvalue weighted by molar-refractivity contribution is 5.51. The van der Waals surface area contributed by atoms with Gasteiger partial charge >= 0.3 is 11.9 Å². The number of nitrogens with zero attached hydrogens (tertiary/aromatic N) is 1. The predicted molar refractivity (Wildman–Crippen MR) is 75.4 cm³/mol. The summed E-state index contributed by atoms with van der Waals surface area (Å²) in [6.45, 7) is -0.0920. The van der Waals surface area contributed by atoms with E-state index in [4.69, 9.17) is 9.47 Å². The molecule has 2 rings (SSSR count). The fraction of sp³-hybridized carbons (Fsp3) is 0.200. The van der Waals surface area contributed by atoms with Crippen LogP contribution in [-0.2, 0) is 12.8 Å². The lowest BCUT2D eigenvalue weighted by atomic mass is 10.1. The molecule has 0 saturated heterocycles. The van der Waals surface area contributed by atoms with Gasteiger partial charge in [-0.15, -0.1) is 0 Å². The zero-order valence-corrected chi connectivity index (χ0v) is 12.0. The standard InChI is InChI=1S/C15H12F3NO4/c1-22-12-6-7-14(13(8-12)19(20)21)23-9-10-2-4-11(5-3-10)15(16,17)18/h2-8H,9H2,1H3. The maximum absolute atomic E-state index is 12.5. The summed E-state index contributed by atoms with van der Waals surface area (Å²) in [4.78, 5) is 10.4. The maximum Gasteiger partial charge on any atom is 0.416 e. The first-order valence-corrected chi connectivity index (χ1v) is 6.42. The Bertz CT molecular complexity index is 699. The molecule has 0 aliphatic heterocycles. The Morgan fingerprint density at radius 3 is 2.30 bits per heavy atom. The molecular formula is C15H12F3NO4. The van der Waals surface area contributed by atoms with Crippen molar-refractivity contribution in [3.63, 3.8) is 0 Å². The van der Waals surface area contributed by atoms with Gasteiger partial charge in [-0.2, -0.15) is 13.2 Å². The zero-order valence-electron chi connectivity index (χ0n) is 12.0. The number of nitro benzene ring substituents is 1. The SMILES string of the molecule is COc1ccc(OCc2ccc(C(F)(F)F)cc2)c([N+](=O)[O-])c1. The molecule has 0 bridgehead atoms. The van der Waals surface area contributed by atoms with Crippen LogP contribution in [0.5, 0.6) is 11.5 Å². The molecule has 0 aliphatic carbocycles. The van der Waals surface area contributed by atoms with Gasteiger partial charge in [-0.1, -0.05) is 12.1 Å². The monoisotopic (exact) mass is 327 g/mol. The van der Waals surface area contributed by atoms with E-state index < -0.39 is 16.7 Å². The number of halogens is 3. The molecule has 0 aliphatic rings. The van der Waals surface area contributed by atoms with Crippen LogP contribution in [0.1, 0.15) is 11.1 Å². The number of ether oxygens (including phenoxy) is 2. The van der Waals surface area contributed by atoms with Gasteiger partial charge in [0.25, 0.3) is 0 Å². The summed E-state index contributed by atoms with van der Waals surface area (Å²) in [6, 6.07) is 8.47. The largest absolute Gasteiger partial charge is 0.496 e. The van der Waals surface area contributed by atoms with E-state index in [1.807, 2.05) is 0 Å². The van der Waals surface area contributed by atoms with Gasteiger partial charge in [0.15, 0.2) is 5.75 Å². The molecule has 0 N–H and O–H groups in total. The average molecular weight is 327 g/mol. The van der Waals surface area contributed by atoms with Crippen molar-refractivity contribution in [3.05, 3.63) is 63.7 Å². The van der Waals surface area contributed by atoms with Crippen molar-refractivity contribution >= 4 is 5.69 Å². The van der Waals surface area contributed by atoms with Crippen molar-refractivity contribution in [3.8, 4) is 11.5 Å². The van der Waals surface area contributed by atoms with Gasteiger partial charge in [0.1, 0.15) is 12.4 Å². The highest BCUT2D eigenvalue weighted by atomic mass is 19.4. The number of benzene rings is 2. The molecule has 122 valence electrons. The maximum atomic E-state index is 12.5. The van der Waals surface area contributed by atoms with E-state index in [0.717, 1.165) is 12.1 Å². The summed E-state index contributed by atoms with van der Waals surface area (Å²) in [5.41, 5.74) is -0.587. The molecule has 0 aromatic heterocycles. The van der Waals surface area contributed by atoms with Crippen molar-refractivity contribution in [2.45, 2.75) is 12.8 Å². The quantitative estimate of drug-likeness (QED) is 0.610. The van der Waals surface area contributed by atoms with Crippen LogP contribution in [0.3, 0.4) is 0 Å². The summed E-state index contributed by atoms with van der Waals surface area (Å²) >= 11 is 0. The van der Waals surface area contributed by atoms with Gasteiger partial charge < -0.3 is 9.47 Å². The minimum absolute atomic E-state index is 0.00991. The van der Waals surface area contributed by atoms with E-state index in [9.17, 15) is 23.3 Å². The number of nitro groups is 1. The first-order chi connectivity index (χ1) is 10.8. The topological polar surface area (TPSA) is 61.6 Å². The summed E-state index contributed by atoms with van der Waals surface area (Å²) in [6.07, 6.45) is -4.41. The lowest BCUT2D eigenvalue weighted by Crippen LogP contribution is -2.05. The van der Waals surface area contributed by atoms with E-state index in [1.54, 1.807) is 0 Å². The van der Waals surface area contributed by atoms with E-state index in [-0.39, 0.29) is 18.0 Å². The summed E-state index contributed by atoms with van der Waals surface area (Å²) in [5, 5.41) is 11.0. The molecule has 0 amide bonds. The average Bonchev–Trinajstić information content (AvgIpc) is 2.52. The Morgan fingerprint density at radius 1 is 1.13 bits per heavy atom.